The lowest BCUT2D eigenvalue weighted by molar-refractivity contribution is -0.106. The molecule has 2 fully saturated rings. The molecule has 2 aliphatic carbocycles. The standard InChI is InChI=1S/C14H27NO/c1-3-12(2)16-14(9-5-4-6-10-14)11-15-13-7-8-13/h12-13,15H,3-11H2,1-2H3. The van der Waals surface area contributed by atoms with E-state index in [-0.39, 0.29) is 5.60 Å². The summed E-state index contributed by atoms with van der Waals surface area (Å²) >= 11 is 0. The van der Waals surface area contributed by atoms with Crippen molar-refractivity contribution in [2.45, 2.75) is 83.0 Å². The van der Waals surface area contributed by atoms with Crippen LogP contribution in [0.1, 0.15) is 65.2 Å². The first-order chi connectivity index (χ1) is 7.74. The van der Waals surface area contributed by atoms with Crippen molar-refractivity contribution in [2.75, 3.05) is 6.54 Å². The maximum atomic E-state index is 6.34. The molecule has 2 aliphatic rings. The third kappa shape index (κ3) is 3.46. The van der Waals surface area contributed by atoms with Gasteiger partial charge in [0.2, 0.25) is 0 Å². The van der Waals surface area contributed by atoms with Gasteiger partial charge in [-0.05, 0) is 39.0 Å². The number of ether oxygens (including phenoxy) is 1. The van der Waals surface area contributed by atoms with Crippen LogP contribution in [0, 0.1) is 0 Å². The van der Waals surface area contributed by atoms with Gasteiger partial charge < -0.3 is 10.1 Å². The normalized spacial score (nSPS) is 26.6. The molecular weight excluding hydrogens is 198 g/mol. The van der Waals surface area contributed by atoms with Crippen LogP contribution in [0.4, 0.5) is 0 Å². The lowest BCUT2D eigenvalue weighted by atomic mass is 9.84. The third-order valence-corrected chi connectivity index (χ3v) is 4.08. The molecule has 2 nitrogen and oxygen atoms in total. The van der Waals surface area contributed by atoms with Gasteiger partial charge in [-0.1, -0.05) is 26.2 Å². The molecule has 0 saturated heterocycles. The van der Waals surface area contributed by atoms with Crippen molar-refractivity contribution in [3.63, 3.8) is 0 Å². The number of nitrogens with one attached hydrogen (secondary N) is 1. The van der Waals surface area contributed by atoms with E-state index in [1.54, 1.807) is 0 Å². The topological polar surface area (TPSA) is 21.3 Å². The van der Waals surface area contributed by atoms with Crippen LogP contribution in [0.2, 0.25) is 0 Å². The summed E-state index contributed by atoms with van der Waals surface area (Å²) in [6, 6.07) is 0.805. The first-order valence-corrected chi connectivity index (χ1v) is 7.15. The average Bonchev–Trinajstić information content (AvgIpc) is 3.11. The second-order valence-corrected chi connectivity index (χ2v) is 5.74. The molecule has 0 aromatic heterocycles. The molecule has 0 spiro atoms. The van der Waals surface area contributed by atoms with Gasteiger partial charge >= 0.3 is 0 Å². The van der Waals surface area contributed by atoms with E-state index >= 15 is 0 Å². The minimum Gasteiger partial charge on any atom is -0.371 e. The van der Waals surface area contributed by atoms with Gasteiger partial charge in [0, 0.05) is 12.6 Å². The van der Waals surface area contributed by atoms with Gasteiger partial charge in [0.15, 0.2) is 0 Å². The lowest BCUT2D eigenvalue weighted by Gasteiger charge is -2.39. The summed E-state index contributed by atoms with van der Waals surface area (Å²) in [5, 5.41) is 3.67. The van der Waals surface area contributed by atoms with Crippen molar-refractivity contribution in [3.8, 4) is 0 Å². The van der Waals surface area contributed by atoms with Crippen molar-refractivity contribution in [3.05, 3.63) is 0 Å². The van der Waals surface area contributed by atoms with E-state index in [0.29, 0.717) is 6.10 Å². The Kier molecular flexibility index (Phi) is 4.26. The quantitative estimate of drug-likeness (QED) is 0.749. The van der Waals surface area contributed by atoms with Gasteiger partial charge in [-0.3, -0.25) is 0 Å². The SMILES string of the molecule is CCC(C)OC1(CNC2CC2)CCCCC1. The van der Waals surface area contributed by atoms with Gasteiger partial charge in [0.1, 0.15) is 0 Å². The molecule has 2 saturated carbocycles. The summed E-state index contributed by atoms with van der Waals surface area (Å²) in [7, 11) is 0. The second kappa shape index (κ2) is 5.50. The summed E-state index contributed by atoms with van der Waals surface area (Å²) in [6.07, 6.45) is 10.9. The first kappa shape index (κ1) is 12.4. The first-order valence-electron chi connectivity index (χ1n) is 7.15. The summed E-state index contributed by atoms with van der Waals surface area (Å²) in [4.78, 5) is 0. The van der Waals surface area contributed by atoms with Crippen molar-refractivity contribution in [1.29, 1.82) is 0 Å². The fourth-order valence-corrected chi connectivity index (χ4v) is 2.66. The van der Waals surface area contributed by atoms with Crippen LogP contribution in [-0.2, 0) is 4.74 Å². The highest BCUT2D eigenvalue weighted by Crippen LogP contribution is 2.33. The van der Waals surface area contributed by atoms with E-state index in [9.17, 15) is 0 Å². The Bertz CT molecular complexity index is 207. The Labute approximate surface area is 100 Å². The zero-order chi connectivity index (χ0) is 11.4. The van der Waals surface area contributed by atoms with Crippen molar-refractivity contribution >= 4 is 0 Å². The summed E-state index contributed by atoms with van der Waals surface area (Å²) in [6.45, 7) is 5.52. The average molecular weight is 225 g/mol. The van der Waals surface area contributed by atoms with Gasteiger partial charge in [0.25, 0.3) is 0 Å². The largest absolute Gasteiger partial charge is 0.371 e. The number of hydrogen-bond donors (Lipinski definition) is 1. The summed E-state index contributed by atoms with van der Waals surface area (Å²) in [5.41, 5.74) is 0.163. The highest BCUT2D eigenvalue weighted by atomic mass is 16.5. The lowest BCUT2D eigenvalue weighted by Crippen LogP contribution is -2.47. The molecule has 1 N–H and O–H groups in total. The van der Waals surface area contributed by atoms with Crippen LogP contribution in [0.5, 0.6) is 0 Å². The maximum absolute atomic E-state index is 6.34. The molecule has 0 aromatic carbocycles. The van der Waals surface area contributed by atoms with E-state index in [2.05, 4.69) is 19.2 Å². The van der Waals surface area contributed by atoms with Crippen molar-refractivity contribution < 1.29 is 4.74 Å². The van der Waals surface area contributed by atoms with Crippen molar-refractivity contribution in [2.24, 2.45) is 0 Å². The number of hydrogen-bond acceptors (Lipinski definition) is 2. The molecule has 1 atom stereocenters. The van der Waals surface area contributed by atoms with Gasteiger partial charge in [0.05, 0.1) is 11.7 Å². The molecule has 0 aliphatic heterocycles. The molecule has 16 heavy (non-hydrogen) atoms. The molecule has 0 amide bonds. The molecule has 0 aromatic rings. The molecule has 0 heterocycles. The molecule has 2 heteroatoms. The minimum atomic E-state index is 0.163. The summed E-state index contributed by atoms with van der Waals surface area (Å²) in [5.74, 6) is 0. The van der Waals surface area contributed by atoms with Crippen LogP contribution < -0.4 is 5.32 Å². The van der Waals surface area contributed by atoms with E-state index in [1.807, 2.05) is 0 Å². The van der Waals surface area contributed by atoms with E-state index < -0.39 is 0 Å². The van der Waals surface area contributed by atoms with Crippen LogP contribution >= 0.6 is 0 Å². The molecule has 0 bridgehead atoms. The molecule has 0 radical (unpaired) electrons. The smallest absolute Gasteiger partial charge is 0.0810 e. The van der Waals surface area contributed by atoms with Crippen LogP contribution in [0.15, 0.2) is 0 Å². The van der Waals surface area contributed by atoms with Crippen molar-refractivity contribution in [1.82, 2.24) is 5.32 Å². The molecule has 1 unspecified atom stereocenters. The third-order valence-electron chi connectivity index (χ3n) is 4.08. The van der Waals surface area contributed by atoms with Crippen LogP contribution in [-0.4, -0.2) is 24.3 Å². The Morgan fingerprint density at radius 1 is 1.25 bits per heavy atom. The van der Waals surface area contributed by atoms with E-state index in [4.69, 9.17) is 4.74 Å². The van der Waals surface area contributed by atoms with Gasteiger partial charge in [-0.2, -0.15) is 0 Å². The van der Waals surface area contributed by atoms with Crippen LogP contribution in [0.25, 0.3) is 0 Å². The predicted molar refractivity (Wildman–Crippen MR) is 67.7 cm³/mol. The monoisotopic (exact) mass is 225 g/mol. The fourth-order valence-electron chi connectivity index (χ4n) is 2.66. The van der Waals surface area contributed by atoms with Crippen LogP contribution in [0.3, 0.4) is 0 Å². The van der Waals surface area contributed by atoms with Gasteiger partial charge in [-0.25, -0.2) is 0 Å². The highest BCUT2D eigenvalue weighted by Gasteiger charge is 2.35. The molecule has 94 valence electrons. The van der Waals surface area contributed by atoms with Gasteiger partial charge in [-0.15, -0.1) is 0 Å². The Balaban J connectivity index is 1.86. The Morgan fingerprint density at radius 3 is 2.50 bits per heavy atom. The zero-order valence-corrected chi connectivity index (χ0v) is 10.9. The number of rotatable bonds is 6. The summed E-state index contributed by atoms with van der Waals surface area (Å²) < 4.78 is 6.34. The predicted octanol–water partition coefficient (Wildman–Crippen LogP) is 3.26. The fraction of sp³-hybridized carbons (Fsp3) is 1.00. The molecule has 2 rings (SSSR count). The maximum Gasteiger partial charge on any atom is 0.0810 e. The Morgan fingerprint density at radius 2 is 1.94 bits per heavy atom. The highest BCUT2D eigenvalue weighted by molar-refractivity contribution is 4.91. The minimum absolute atomic E-state index is 0.163. The second-order valence-electron chi connectivity index (χ2n) is 5.74. The zero-order valence-electron chi connectivity index (χ0n) is 10.9. The van der Waals surface area contributed by atoms with E-state index in [1.165, 1.54) is 44.9 Å². The Hall–Kier alpha value is -0.0800. The van der Waals surface area contributed by atoms with E-state index in [0.717, 1.165) is 19.0 Å². The molecular formula is C14H27NO.